The van der Waals surface area contributed by atoms with E-state index in [4.69, 9.17) is 15.7 Å². The Morgan fingerprint density at radius 3 is 2.75 bits per heavy atom. The number of hydrogen-bond donors (Lipinski definition) is 1. The molecule has 0 bridgehead atoms. The maximum atomic E-state index is 15.3. The molecule has 1 fully saturated rings. The number of nitriles is 1. The number of anilines is 1. The molecule has 9 heteroatoms. The van der Waals surface area contributed by atoms with Crippen LogP contribution in [-0.4, -0.2) is 37.9 Å². The van der Waals surface area contributed by atoms with Gasteiger partial charge in [-0.2, -0.15) is 5.26 Å². The van der Waals surface area contributed by atoms with Crippen molar-refractivity contribution >= 4 is 22.8 Å². The summed E-state index contributed by atoms with van der Waals surface area (Å²) in [6.07, 6.45) is 4.72. The van der Waals surface area contributed by atoms with E-state index in [1.54, 1.807) is 35.4 Å². The topological polar surface area (TPSA) is 110 Å². The van der Waals surface area contributed by atoms with Crippen LogP contribution in [0.2, 0.25) is 0 Å². The predicted molar refractivity (Wildman–Crippen MR) is 133 cm³/mol. The van der Waals surface area contributed by atoms with Crippen LogP contribution in [0, 0.1) is 17.1 Å². The van der Waals surface area contributed by atoms with Gasteiger partial charge in [-0.1, -0.05) is 24.8 Å². The average molecular weight is 483 g/mol. The van der Waals surface area contributed by atoms with E-state index in [1.807, 2.05) is 28.8 Å². The molecule has 1 amide bonds. The number of amides is 1. The Labute approximate surface area is 207 Å². The fourth-order valence-corrected chi connectivity index (χ4v) is 4.63. The Hall–Kier alpha value is -4.71. The number of ether oxygens (including phenoxy) is 1. The van der Waals surface area contributed by atoms with Gasteiger partial charge in [-0.3, -0.25) is 4.79 Å². The predicted octanol–water partition coefficient (Wildman–Crippen LogP) is 4.68. The van der Waals surface area contributed by atoms with E-state index >= 15 is 4.39 Å². The van der Waals surface area contributed by atoms with Crippen LogP contribution < -0.4 is 10.5 Å². The largest absolute Gasteiger partial charge is 0.457 e. The Bertz CT molecular complexity index is 1510. The third kappa shape index (κ3) is 4.25. The van der Waals surface area contributed by atoms with Gasteiger partial charge in [0, 0.05) is 36.5 Å². The average Bonchev–Trinajstić information content (AvgIpc) is 3.50. The summed E-state index contributed by atoms with van der Waals surface area (Å²) in [6, 6.07) is 15.5. The van der Waals surface area contributed by atoms with Crippen LogP contribution in [0.15, 0.2) is 73.2 Å². The number of aromatic nitrogens is 3. The van der Waals surface area contributed by atoms with Crippen LogP contribution in [0.1, 0.15) is 12.8 Å². The number of nitrogens with zero attached hydrogens (tertiary/aromatic N) is 5. The first kappa shape index (κ1) is 23.1. The normalized spacial score (nSPS) is 15.1. The molecule has 0 saturated carbocycles. The van der Waals surface area contributed by atoms with Crippen molar-refractivity contribution in [2.45, 2.75) is 25.4 Å². The van der Waals surface area contributed by atoms with Gasteiger partial charge in [0.25, 0.3) is 5.91 Å². The van der Waals surface area contributed by atoms with Gasteiger partial charge in [0.2, 0.25) is 0 Å². The molecule has 0 aliphatic carbocycles. The van der Waals surface area contributed by atoms with E-state index < -0.39 is 5.82 Å². The molecule has 1 atom stereocenters. The Morgan fingerprint density at radius 1 is 1.19 bits per heavy atom. The number of benzene rings is 2. The van der Waals surface area contributed by atoms with Gasteiger partial charge in [0.05, 0.1) is 11.4 Å². The number of likely N-dealkylation sites (tertiary alicyclic amines) is 1. The number of fused-ring (bicyclic) bond motifs is 1. The van der Waals surface area contributed by atoms with Crippen LogP contribution in [-0.2, 0) is 11.3 Å². The summed E-state index contributed by atoms with van der Waals surface area (Å²) in [7, 11) is 0. The fraction of sp³-hybridized carbons (Fsp3) is 0.185. The molecule has 3 heterocycles. The van der Waals surface area contributed by atoms with E-state index in [1.165, 1.54) is 12.4 Å². The zero-order chi connectivity index (χ0) is 25.2. The number of halogens is 1. The van der Waals surface area contributed by atoms with Crippen LogP contribution in [0.25, 0.3) is 22.2 Å². The van der Waals surface area contributed by atoms with Crippen molar-refractivity contribution in [1.82, 2.24) is 19.4 Å². The summed E-state index contributed by atoms with van der Waals surface area (Å²) in [5, 5.41) is 9.63. The van der Waals surface area contributed by atoms with E-state index in [9.17, 15) is 4.79 Å². The molecule has 1 aliphatic heterocycles. The highest BCUT2D eigenvalue weighted by molar-refractivity contribution is 6.01. The van der Waals surface area contributed by atoms with Crippen molar-refractivity contribution < 1.29 is 13.9 Å². The number of hydrogen-bond acceptors (Lipinski definition) is 6. The van der Waals surface area contributed by atoms with Gasteiger partial charge in [-0.15, -0.1) is 0 Å². The molecule has 5 rings (SSSR count). The molecule has 1 aliphatic rings. The van der Waals surface area contributed by atoms with Crippen molar-refractivity contribution in [3.05, 3.63) is 79.0 Å². The van der Waals surface area contributed by atoms with E-state index in [0.29, 0.717) is 46.7 Å². The number of nitrogens with two attached hydrogens (primary N) is 1. The summed E-state index contributed by atoms with van der Waals surface area (Å²) in [5.41, 5.74) is 7.53. The number of para-hydroxylation sites is 1. The van der Waals surface area contributed by atoms with Gasteiger partial charge in [0.15, 0.2) is 0 Å². The van der Waals surface area contributed by atoms with Gasteiger partial charge >= 0.3 is 0 Å². The van der Waals surface area contributed by atoms with Gasteiger partial charge in [-0.25, -0.2) is 14.4 Å². The molecular weight excluding hydrogens is 459 g/mol. The second kappa shape index (κ2) is 9.50. The third-order valence-electron chi connectivity index (χ3n) is 6.33. The Morgan fingerprint density at radius 2 is 2.00 bits per heavy atom. The monoisotopic (exact) mass is 482 g/mol. The van der Waals surface area contributed by atoms with Crippen molar-refractivity contribution in [2.75, 3.05) is 12.3 Å². The van der Waals surface area contributed by atoms with Crippen LogP contribution >= 0.6 is 0 Å². The lowest BCUT2D eigenvalue weighted by atomic mass is 10.1. The fourth-order valence-electron chi connectivity index (χ4n) is 4.63. The third-order valence-corrected chi connectivity index (χ3v) is 6.33. The van der Waals surface area contributed by atoms with Crippen LogP contribution in [0.5, 0.6) is 11.5 Å². The van der Waals surface area contributed by atoms with E-state index in [-0.39, 0.29) is 23.3 Å². The summed E-state index contributed by atoms with van der Waals surface area (Å²) in [5.74, 6) is 0.358. The minimum Gasteiger partial charge on any atom is -0.457 e. The second-order valence-corrected chi connectivity index (χ2v) is 8.59. The highest BCUT2D eigenvalue weighted by atomic mass is 19.1. The number of carbonyl (C=O) groups is 1. The minimum absolute atomic E-state index is 0.0913. The van der Waals surface area contributed by atoms with Crippen molar-refractivity contribution in [3.63, 3.8) is 0 Å². The van der Waals surface area contributed by atoms with Crippen molar-refractivity contribution in [1.29, 1.82) is 5.26 Å². The lowest BCUT2D eigenvalue weighted by molar-refractivity contribution is -0.127. The van der Waals surface area contributed by atoms with E-state index in [0.717, 1.165) is 12.8 Å². The van der Waals surface area contributed by atoms with Crippen LogP contribution in [0.4, 0.5) is 10.2 Å². The maximum absolute atomic E-state index is 15.3. The first-order chi connectivity index (χ1) is 17.5. The lowest BCUT2D eigenvalue weighted by Gasteiger charge is -2.24. The first-order valence-corrected chi connectivity index (χ1v) is 11.5. The lowest BCUT2D eigenvalue weighted by Crippen LogP contribution is -2.38. The molecule has 0 spiro atoms. The number of nitrogen functional groups attached to an aromatic ring is 1. The maximum Gasteiger partial charge on any atom is 0.264 e. The quantitative estimate of drug-likeness (QED) is 0.316. The van der Waals surface area contributed by atoms with Crippen LogP contribution in [0.3, 0.4) is 0 Å². The molecule has 2 aromatic carbocycles. The molecule has 2 N–H and O–H groups in total. The molecule has 180 valence electrons. The molecule has 0 unspecified atom stereocenters. The van der Waals surface area contributed by atoms with Crippen molar-refractivity contribution in [3.8, 4) is 28.7 Å². The summed E-state index contributed by atoms with van der Waals surface area (Å²) in [6.45, 7) is 4.52. The molecule has 36 heavy (non-hydrogen) atoms. The zero-order valence-electron chi connectivity index (χ0n) is 19.4. The molecule has 4 aromatic rings. The summed E-state index contributed by atoms with van der Waals surface area (Å²) < 4.78 is 23.0. The standard InChI is InChI=1S/C27H23FN6O2/c1-17(13-29)27(35)34-11-5-6-18(34)14-33-15-22(24-25(30)31-16-32-26(24)33)21-10-9-20(12-23(21)28)36-19-7-3-2-4-8-19/h2-4,7-10,12,15-16,18H,1,5-6,11,14H2,(H2,30,31,32)/t18-/m0/s1. The molecule has 1 saturated heterocycles. The van der Waals surface area contributed by atoms with Crippen molar-refractivity contribution in [2.24, 2.45) is 0 Å². The zero-order valence-corrected chi connectivity index (χ0v) is 19.4. The first-order valence-electron chi connectivity index (χ1n) is 11.5. The van der Waals surface area contributed by atoms with E-state index in [2.05, 4.69) is 16.5 Å². The molecule has 8 nitrogen and oxygen atoms in total. The second-order valence-electron chi connectivity index (χ2n) is 8.59. The van der Waals surface area contributed by atoms with Gasteiger partial charge in [-0.05, 0) is 37.1 Å². The SMILES string of the molecule is C=C(C#N)C(=O)N1CCC[C@H]1Cn1cc(-c2ccc(Oc3ccccc3)cc2F)c2c(N)ncnc21. The Balaban J connectivity index is 1.50. The van der Waals surface area contributed by atoms with Gasteiger partial charge in [0.1, 0.15) is 46.8 Å². The number of carbonyl (C=O) groups excluding carboxylic acids is 1. The highest BCUT2D eigenvalue weighted by Crippen LogP contribution is 2.36. The minimum atomic E-state index is -0.478. The Kier molecular flexibility index (Phi) is 6.09. The highest BCUT2D eigenvalue weighted by Gasteiger charge is 2.31. The van der Waals surface area contributed by atoms with Gasteiger partial charge < -0.3 is 19.9 Å². The summed E-state index contributed by atoms with van der Waals surface area (Å²) in [4.78, 5) is 22.8. The molecule has 2 aromatic heterocycles. The smallest absolute Gasteiger partial charge is 0.264 e. The number of rotatable bonds is 6. The summed E-state index contributed by atoms with van der Waals surface area (Å²) >= 11 is 0. The molecule has 0 radical (unpaired) electrons. The molecular formula is C27H23FN6O2.